The number of halogens is 1. The maximum atomic E-state index is 12.8. The van der Waals surface area contributed by atoms with Crippen LogP contribution >= 0.6 is 23.4 Å². The Hall–Kier alpha value is -2.18. The first-order valence-corrected chi connectivity index (χ1v) is 11.6. The smallest absolute Gasteiger partial charge is 0.338 e. The van der Waals surface area contributed by atoms with Crippen molar-refractivity contribution in [3.8, 4) is 0 Å². The van der Waals surface area contributed by atoms with E-state index in [9.17, 15) is 23.1 Å². The summed E-state index contributed by atoms with van der Waals surface area (Å²) in [5.74, 6) is -1.76. The highest BCUT2D eigenvalue weighted by Gasteiger charge is 2.27. The molecule has 0 atom stereocenters. The SMILES string of the molecule is O=C(CSc1ncccc1C(=O)O)Nc1cc(S(=O)(=O)N2CCOCC2)ccc1Cl. The number of anilines is 1. The first kappa shape index (κ1) is 22.5. The predicted octanol–water partition coefficient (Wildman–Crippen LogP) is 2.18. The molecular formula is C18H18ClN3O6S2. The van der Waals surface area contributed by atoms with E-state index < -0.39 is 21.9 Å². The van der Waals surface area contributed by atoms with Crippen molar-refractivity contribution >= 4 is 50.9 Å². The molecule has 1 aromatic heterocycles. The molecule has 1 aliphatic rings. The fourth-order valence-corrected chi connectivity index (χ4v) is 5.07. The number of benzene rings is 1. The van der Waals surface area contributed by atoms with E-state index in [-0.39, 0.29) is 45.0 Å². The second kappa shape index (κ2) is 9.75. The van der Waals surface area contributed by atoms with Crippen LogP contribution in [0.2, 0.25) is 5.02 Å². The fourth-order valence-electron chi connectivity index (χ4n) is 2.69. The van der Waals surface area contributed by atoms with Crippen molar-refractivity contribution in [2.45, 2.75) is 9.92 Å². The van der Waals surface area contributed by atoms with E-state index in [1.165, 1.54) is 40.8 Å². The summed E-state index contributed by atoms with van der Waals surface area (Å²) in [5, 5.41) is 12.1. The fraction of sp³-hybridized carbons (Fsp3) is 0.278. The minimum Gasteiger partial charge on any atom is -0.478 e. The maximum Gasteiger partial charge on any atom is 0.338 e. The Morgan fingerprint density at radius 2 is 2.00 bits per heavy atom. The molecular weight excluding hydrogens is 454 g/mol. The number of nitrogens with one attached hydrogen (secondary N) is 1. The number of thioether (sulfide) groups is 1. The van der Waals surface area contributed by atoms with Crippen LogP contribution in [0.5, 0.6) is 0 Å². The molecule has 3 rings (SSSR count). The maximum absolute atomic E-state index is 12.8. The molecule has 0 aliphatic carbocycles. The molecule has 0 radical (unpaired) electrons. The first-order chi connectivity index (χ1) is 14.3. The van der Waals surface area contributed by atoms with E-state index in [1.54, 1.807) is 0 Å². The van der Waals surface area contributed by atoms with Crippen LogP contribution in [0.3, 0.4) is 0 Å². The van der Waals surface area contributed by atoms with Crippen LogP contribution in [-0.4, -0.2) is 66.7 Å². The molecule has 2 heterocycles. The Bertz CT molecular complexity index is 1060. The number of hydrogen-bond acceptors (Lipinski definition) is 7. The number of carboxylic acid groups (broad SMARTS) is 1. The number of morpholine rings is 1. The van der Waals surface area contributed by atoms with Gasteiger partial charge in [0.15, 0.2) is 0 Å². The number of hydrogen-bond donors (Lipinski definition) is 2. The molecule has 1 aromatic carbocycles. The van der Waals surface area contributed by atoms with Gasteiger partial charge in [0.2, 0.25) is 15.9 Å². The number of aromatic nitrogens is 1. The van der Waals surface area contributed by atoms with Gasteiger partial charge in [-0.2, -0.15) is 4.31 Å². The number of pyridine rings is 1. The lowest BCUT2D eigenvalue weighted by Gasteiger charge is -2.26. The molecule has 0 spiro atoms. The number of ether oxygens (including phenoxy) is 1. The average molecular weight is 472 g/mol. The largest absolute Gasteiger partial charge is 0.478 e. The van der Waals surface area contributed by atoms with Crippen LogP contribution in [0.15, 0.2) is 46.5 Å². The highest BCUT2D eigenvalue weighted by atomic mass is 35.5. The van der Waals surface area contributed by atoms with Gasteiger partial charge in [0, 0.05) is 19.3 Å². The second-order valence-corrected chi connectivity index (χ2v) is 9.47. The molecule has 160 valence electrons. The van der Waals surface area contributed by atoms with Crippen LogP contribution in [0.25, 0.3) is 0 Å². The summed E-state index contributed by atoms with van der Waals surface area (Å²) in [6, 6.07) is 6.97. The number of carboxylic acids is 1. The molecule has 1 saturated heterocycles. The summed E-state index contributed by atoms with van der Waals surface area (Å²) in [6.07, 6.45) is 1.43. The lowest BCUT2D eigenvalue weighted by atomic mass is 10.3. The van der Waals surface area contributed by atoms with E-state index in [1.807, 2.05) is 0 Å². The highest BCUT2D eigenvalue weighted by molar-refractivity contribution is 8.00. The highest BCUT2D eigenvalue weighted by Crippen LogP contribution is 2.28. The third kappa shape index (κ3) is 5.29. The first-order valence-electron chi connectivity index (χ1n) is 8.77. The quantitative estimate of drug-likeness (QED) is 0.588. The van der Waals surface area contributed by atoms with Gasteiger partial charge in [-0.25, -0.2) is 18.2 Å². The topological polar surface area (TPSA) is 126 Å². The summed E-state index contributed by atoms with van der Waals surface area (Å²) in [5.41, 5.74) is 0.142. The van der Waals surface area contributed by atoms with Crippen LogP contribution in [0.4, 0.5) is 5.69 Å². The minimum absolute atomic E-state index is 0.00747. The van der Waals surface area contributed by atoms with Gasteiger partial charge in [-0.05, 0) is 30.3 Å². The summed E-state index contributed by atoms with van der Waals surface area (Å²) in [7, 11) is -3.74. The molecule has 0 saturated carbocycles. The number of carbonyl (C=O) groups excluding carboxylic acids is 1. The third-order valence-electron chi connectivity index (χ3n) is 4.16. The van der Waals surface area contributed by atoms with E-state index in [4.69, 9.17) is 16.3 Å². The van der Waals surface area contributed by atoms with Crippen molar-refractivity contribution < 1.29 is 27.9 Å². The number of nitrogens with zero attached hydrogens (tertiary/aromatic N) is 2. The summed E-state index contributed by atoms with van der Waals surface area (Å²) < 4.78 is 32.1. The molecule has 30 heavy (non-hydrogen) atoms. The molecule has 1 amide bonds. The zero-order valence-corrected chi connectivity index (χ0v) is 18.0. The molecule has 2 aromatic rings. The van der Waals surface area contributed by atoms with E-state index in [0.717, 1.165) is 11.8 Å². The van der Waals surface area contributed by atoms with Gasteiger partial charge in [0.25, 0.3) is 0 Å². The van der Waals surface area contributed by atoms with E-state index in [0.29, 0.717) is 13.2 Å². The second-order valence-electron chi connectivity index (χ2n) is 6.16. The number of carbonyl (C=O) groups is 2. The van der Waals surface area contributed by atoms with Crippen molar-refractivity contribution in [2.75, 3.05) is 37.4 Å². The lowest BCUT2D eigenvalue weighted by molar-refractivity contribution is -0.113. The van der Waals surface area contributed by atoms with Gasteiger partial charge in [-0.3, -0.25) is 4.79 Å². The van der Waals surface area contributed by atoms with Gasteiger partial charge < -0.3 is 15.2 Å². The van der Waals surface area contributed by atoms with Gasteiger partial charge in [-0.1, -0.05) is 23.4 Å². The molecule has 12 heteroatoms. The van der Waals surface area contributed by atoms with Crippen LogP contribution in [0.1, 0.15) is 10.4 Å². The molecule has 2 N–H and O–H groups in total. The van der Waals surface area contributed by atoms with Crippen molar-refractivity contribution in [3.05, 3.63) is 47.1 Å². The Morgan fingerprint density at radius 1 is 1.27 bits per heavy atom. The zero-order valence-electron chi connectivity index (χ0n) is 15.6. The Morgan fingerprint density at radius 3 is 2.70 bits per heavy atom. The standard InChI is InChI=1S/C18H18ClN3O6S2/c19-14-4-3-12(30(26,27)22-6-8-28-9-7-22)10-15(14)21-16(23)11-29-17-13(18(24)25)2-1-5-20-17/h1-5,10H,6-9,11H2,(H,21,23)(H,24,25). The zero-order chi connectivity index (χ0) is 21.7. The third-order valence-corrected chi connectivity index (χ3v) is 7.39. The van der Waals surface area contributed by atoms with Gasteiger partial charge in [-0.15, -0.1) is 0 Å². The van der Waals surface area contributed by atoms with Crippen molar-refractivity contribution in [2.24, 2.45) is 0 Å². The van der Waals surface area contributed by atoms with E-state index >= 15 is 0 Å². The average Bonchev–Trinajstić information content (AvgIpc) is 2.74. The number of aromatic carboxylic acids is 1. The van der Waals surface area contributed by atoms with Gasteiger partial charge in [0.05, 0.1) is 40.1 Å². The van der Waals surface area contributed by atoms with Crippen LogP contribution in [-0.2, 0) is 19.6 Å². The molecule has 1 fully saturated rings. The summed E-state index contributed by atoms with van der Waals surface area (Å²) >= 11 is 7.07. The lowest BCUT2D eigenvalue weighted by Crippen LogP contribution is -2.40. The monoisotopic (exact) mass is 471 g/mol. The predicted molar refractivity (Wildman–Crippen MR) is 112 cm³/mol. The Kier molecular flexibility index (Phi) is 7.32. The van der Waals surface area contributed by atoms with Gasteiger partial charge in [0.1, 0.15) is 5.03 Å². The van der Waals surface area contributed by atoms with Gasteiger partial charge >= 0.3 is 5.97 Å². The number of rotatable bonds is 7. The number of amides is 1. The number of sulfonamides is 1. The van der Waals surface area contributed by atoms with Crippen LogP contribution < -0.4 is 5.32 Å². The molecule has 0 unspecified atom stereocenters. The molecule has 0 bridgehead atoms. The Balaban J connectivity index is 1.71. The van der Waals surface area contributed by atoms with E-state index in [2.05, 4.69) is 10.3 Å². The van der Waals surface area contributed by atoms with Crippen molar-refractivity contribution in [1.29, 1.82) is 0 Å². The minimum atomic E-state index is -3.74. The normalized spacial score (nSPS) is 15.0. The molecule has 9 nitrogen and oxygen atoms in total. The molecule has 1 aliphatic heterocycles. The summed E-state index contributed by atoms with van der Waals surface area (Å²) in [4.78, 5) is 27.5. The van der Waals surface area contributed by atoms with Crippen LogP contribution in [0, 0.1) is 0 Å². The Labute approximate surface area is 182 Å². The summed E-state index contributed by atoms with van der Waals surface area (Å²) in [6.45, 7) is 1.14. The van der Waals surface area contributed by atoms with Crippen molar-refractivity contribution in [1.82, 2.24) is 9.29 Å². The van der Waals surface area contributed by atoms with Crippen molar-refractivity contribution in [3.63, 3.8) is 0 Å².